The highest BCUT2D eigenvalue weighted by Crippen LogP contribution is 2.33. The van der Waals surface area contributed by atoms with E-state index in [0.717, 1.165) is 40.8 Å². The van der Waals surface area contributed by atoms with Crippen molar-refractivity contribution >= 4 is 17.3 Å². The van der Waals surface area contributed by atoms with E-state index < -0.39 is 0 Å². The highest BCUT2D eigenvalue weighted by atomic mass is 35.5. The van der Waals surface area contributed by atoms with Crippen molar-refractivity contribution < 1.29 is 9.47 Å². The van der Waals surface area contributed by atoms with Gasteiger partial charge in [0.1, 0.15) is 11.5 Å². The number of fused-ring (bicyclic) bond motifs is 1. The van der Waals surface area contributed by atoms with E-state index in [1.165, 1.54) is 5.56 Å². The Kier molecular flexibility index (Phi) is 3.70. The van der Waals surface area contributed by atoms with Gasteiger partial charge in [-0.3, -0.25) is 0 Å². The van der Waals surface area contributed by atoms with Crippen LogP contribution in [0.3, 0.4) is 0 Å². The molecule has 0 spiro atoms. The first kappa shape index (κ1) is 13.1. The third kappa shape index (κ3) is 2.68. The maximum absolute atomic E-state index is 6.15. The van der Waals surface area contributed by atoms with Crippen molar-refractivity contribution in [1.29, 1.82) is 0 Å². The number of nitrogens with one attached hydrogen (secondary N) is 1. The molecule has 0 aliphatic carbocycles. The molecule has 1 N–H and O–H groups in total. The number of anilines is 1. The van der Waals surface area contributed by atoms with Gasteiger partial charge >= 0.3 is 0 Å². The second-order valence-electron chi connectivity index (χ2n) is 4.74. The van der Waals surface area contributed by atoms with E-state index in [9.17, 15) is 0 Å². The van der Waals surface area contributed by atoms with Gasteiger partial charge in [-0.05, 0) is 29.8 Å². The molecule has 1 aliphatic rings. The Balaban J connectivity index is 1.78. The lowest BCUT2D eigenvalue weighted by molar-refractivity contribution is 0.354. The van der Waals surface area contributed by atoms with Crippen LogP contribution < -0.4 is 14.8 Å². The monoisotopic (exact) mass is 289 g/mol. The molecule has 4 heteroatoms. The molecule has 0 unspecified atom stereocenters. The van der Waals surface area contributed by atoms with Gasteiger partial charge in [0, 0.05) is 35.3 Å². The Morgan fingerprint density at radius 1 is 1.30 bits per heavy atom. The van der Waals surface area contributed by atoms with Crippen LogP contribution in [0.1, 0.15) is 11.1 Å². The summed E-state index contributed by atoms with van der Waals surface area (Å²) in [6.45, 7) is 1.41. The molecule has 0 radical (unpaired) electrons. The molecule has 2 aromatic rings. The van der Waals surface area contributed by atoms with Crippen LogP contribution in [0, 0.1) is 0 Å². The molecule has 0 amide bonds. The van der Waals surface area contributed by atoms with Crippen LogP contribution in [-0.4, -0.2) is 13.7 Å². The normalized spacial score (nSPS) is 12.7. The lowest BCUT2D eigenvalue weighted by Crippen LogP contribution is -2.02. The number of halogens is 1. The summed E-state index contributed by atoms with van der Waals surface area (Å²) in [5.41, 5.74) is 3.30. The first-order valence-corrected chi connectivity index (χ1v) is 6.96. The molecule has 1 aliphatic heterocycles. The molecule has 2 aromatic carbocycles. The first-order chi connectivity index (χ1) is 9.76. The Bertz CT molecular complexity index is 628. The molecule has 0 saturated carbocycles. The number of benzene rings is 2. The lowest BCUT2D eigenvalue weighted by Gasteiger charge is -2.12. The van der Waals surface area contributed by atoms with E-state index >= 15 is 0 Å². The minimum atomic E-state index is 0.677. The smallest absolute Gasteiger partial charge is 0.127 e. The molecule has 3 nitrogen and oxygen atoms in total. The van der Waals surface area contributed by atoms with E-state index in [1.807, 2.05) is 36.4 Å². The maximum Gasteiger partial charge on any atom is 0.127 e. The Hall–Kier alpha value is -1.87. The number of ether oxygens (including phenoxy) is 2. The van der Waals surface area contributed by atoms with E-state index in [4.69, 9.17) is 21.1 Å². The maximum atomic E-state index is 6.15. The molecule has 0 aromatic heterocycles. The van der Waals surface area contributed by atoms with Crippen LogP contribution in [0.2, 0.25) is 5.02 Å². The van der Waals surface area contributed by atoms with E-state index in [2.05, 4.69) is 5.32 Å². The van der Waals surface area contributed by atoms with Crippen molar-refractivity contribution in [3.63, 3.8) is 0 Å². The molecule has 0 saturated heterocycles. The lowest BCUT2D eigenvalue weighted by atomic mass is 10.1. The molecule has 1 heterocycles. The van der Waals surface area contributed by atoms with Gasteiger partial charge in [0.05, 0.1) is 13.7 Å². The van der Waals surface area contributed by atoms with E-state index in [-0.39, 0.29) is 0 Å². The van der Waals surface area contributed by atoms with Gasteiger partial charge in [-0.1, -0.05) is 17.7 Å². The Labute approximate surface area is 123 Å². The predicted octanol–water partition coefficient (Wildman–Crippen LogP) is 3.90. The summed E-state index contributed by atoms with van der Waals surface area (Å²) in [7, 11) is 1.66. The predicted molar refractivity (Wildman–Crippen MR) is 81.0 cm³/mol. The Morgan fingerprint density at radius 2 is 2.20 bits per heavy atom. The second kappa shape index (κ2) is 5.63. The topological polar surface area (TPSA) is 30.5 Å². The van der Waals surface area contributed by atoms with Gasteiger partial charge < -0.3 is 14.8 Å². The number of hydrogen-bond donors (Lipinski definition) is 1. The zero-order chi connectivity index (χ0) is 13.9. The molecular formula is C16H16ClNO2. The number of rotatable bonds is 4. The third-order valence-electron chi connectivity index (χ3n) is 3.38. The average molecular weight is 290 g/mol. The molecular weight excluding hydrogens is 274 g/mol. The summed E-state index contributed by atoms with van der Waals surface area (Å²) in [6.07, 6.45) is 0.933. The summed E-state index contributed by atoms with van der Waals surface area (Å²) < 4.78 is 10.9. The van der Waals surface area contributed by atoms with Gasteiger partial charge in [-0.2, -0.15) is 0 Å². The van der Waals surface area contributed by atoms with Crippen molar-refractivity contribution in [3.05, 3.63) is 52.5 Å². The van der Waals surface area contributed by atoms with Crippen molar-refractivity contribution in [2.24, 2.45) is 0 Å². The van der Waals surface area contributed by atoms with Crippen LogP contribution in [0.15, 0.2) is 36.4 Å². The summed E-state index contributed by atoms with van der Waals surface area (Å²) >= 11 is 6.15. The van der Waals surface area contributed by atoms with Gasteiger partial charge in [0.25, 0.3) is 0 Å². The van der Waals surface area contributed by atoms with E-state index in [1.54, 1.807) is 7.11 Å². The summed E-state index contributed by atoms with van der Waals surface area (Å²) in [4.78, 5) is 0. The third-order valence-corrected chi connectivity index (χ3v) is 3.60. The molecule has 0 bridgehead atoms. The molecule has 0 fully saturated rings. The highest BCUT2D eigenvalue weighted by Gasteiger charge is 2.17. The van der Waals surface area contributed by atoms with Crippen molar-refractivity contribution in [2.45, 2.75) is 13.0 Å². The number of methoxy groups -OCH3 is 1. The molecule has 104 valence electrons. The van der Waals surface area contributed by atoms with Gasteiger partial charge in [0.15, 0.2) is 0 Å². The summed E-state index contributed by atoms with van der Waals surface area (Å²) in [6, 6.07) is 11.8. The SMILES string of the molecule is COc1cccc(NCc2cc(Cl)cc3c2OCC3)c1. The van der Waals surface area contributed by atoms with Crippen molar-refractivity contribution in [3.8, 4) is 11.5 Å². The minimum Gasteiger partial charge on any atom is -0.497 e. The highest BCUT2D eigenvalue weighted by molar-refractivity contribution is 6.30. The summed E-state index contributed by atoms with van der Waals surface area (Å²) in [5.74, 6) is 1.81. The molecule has 3 rings (SSSR count). The van der Waals surface area contributed by atoms with E-state index in [0.29, 0.717) is 6.54 Å². The van der Waals surface area contributed by atoms with Gasteiger partial charge in [-0.25, -0.2) is 0 Å². The van der Waals surface area contributed by atoms with Gasteiger partial charge in [0.2, 0.25) is 0 Å². The van der Waals surface area contributed by atoms with Crippen LogP contribution >= 0.6 is 11.6 Å². The fourth-order valence-electron chi connectivity index (χ4n) is 2.41. The van der Waals surface area contributed by atoms with Crippen molar-refractivity contribution in [2.75, 3.05) is 19.0 Å². The number of hydrogen-bond acceptors (Lipinski definition) is 3. The largest absolute Gasteiger partial charge is 0.497 e. The minimum absolute atomic E-state index is 0.677. The standard InChI is InChI=1S/C16H16ClNO2/c1-19-15-4-2-3-14(9-15)18-10-12-8-13(17)7-11-5-6-20-16(11)12/h2-4,7-9,18H,5-6,10H2,1H3. The zero-order valence-electron chi connectivity index (χ0n) is 11.3. The quantitative estimate of drug-likeness (QED) is 0.926. The summed E-state index contributed by atoms with van der Waals surface area (Å²) in [5, 5.41) is 4.13. The van der Waals surface area contributed by atoms with Crippen LogP contribution in [0.25, 0.3) is 0 Å². The van der Waals surface area contributed by atoms with Crippen LogP contribution in [0.5, 0.6) is 11.5 Å². The average Bonchev–Trinajstić information content (AvgIpc) is 2.93. The molecule has 20 heavy (non-hydrogen) atoms. The fourth-order valence-corrected chi connectivity index (χ4v) is 2.67. The Morgan fingerprint density at radius 3 is 3.05 bits per heavy atom. The fraction of sp³-hybridized carbons (Fsp3) is 0.250. The van der Waals surface area contributed by atoms with Gasteiger partial charge in [-0.15, -0.1) is 0 Å². The first-order valence-electron chi connectivity index (χ1n) is 6.58. The van der Waals surface area contributed by atoms with Crippen LogP contribution in [-0.2, 0) is 13.0 Å². The molecule has 0 atom stereocenters. The van der Waals surface area contributed by atoms with Crippen molar-refractivity contribution in [1.82, 2.24) is 0 Å². The second-order valence-corrected chi connectivity index (χ2v) is 5.17. The zero-order valence-corrected chi connectivity index (χ0v) is 12.0. The van der Waals surface area contributed by atoms with Crippen LogP contribution in [0.4, 0.5) is 5.69 Å².